The number of terminal acetylenes is 1. The summed E-state index contributed by atoms with van der Waals surface area (Å²) in [6.45, 7) is 0. The normalized spacial score (nSPS) is 20.8. The third-order valence-electron chi connectivity index (χ3n) is 3.20. The van der Waals surface area contributed by atoms with Crippen molar-refractivity contribution in [2.24, 2.45) is 5.92 Å². The summed E-state index contributed by atoms with van der Waals surface area (Å²) < 4.78 is 0. The summed E-state index contributed by atoms with van der Waals surface area (Å²) in [6, 6.07) is 1.79. The molecule has 1 aliphatic carbocycles. The van der Waals surface area contributed by atoms with Crippen LogP contribution < -0.4 is 11.2 Å². The maximum absolute atomic E-state index is 11.7. The van der Waals surface area contributed by atoms with Crippen molar-refractivity contribution in [2.45, 2.75) is 12.3 Å². The molecule has 0 spiro atoms. The molecule has 2 aromatic heterocycles. The molecule has 2 aromatic rings. The van der Waals surface area contributed by atoms with Gasteiger partial charge in [0.15, 0.2) is 0 Å². The van der Waals surface area contributed by atoms with Crippen LogP contribution in [0.15, 0.2) is 28.0 Å². The summed E-state index contributed by atoms with van der Waals surface area (Å²) in [5, 5.41) is 7.81. The molecule has 0 unspecified atom stereocenters. The highest BCUT2D eigenvalue weighted by atomic mass is 16.2. The topological polar surface area (TPSA) is 91.5 Å². The van der Waals surface area contributed by atoms with E-state index in [9.17, 15) is 9.59 Å². The Balaban J connectivity index is 2.02. The van der Waals surface area contributed by atoms with Gasteiger partial charge in [-0.05, 0) is 18.1 Å². The van der Waals surface area contributed by atoms with E-state index in [1.807, 2.05) is 0 Å². The molecule has 0 aromatic carbocycles. The Morgan fingerprint density at radius 3 is 2.95 bits per heavy atom. The van der Waals surface area contributed by atoms with Gasteiger partial charge in [0, 0.05) is 18.0 Å². The van der Waals surface area contributed by atoms with Gasteiger partial charge in [-0.15, -0.1) is 12.3 Å². The monoisotopic (exact) mass is 254 g/mol. The van der Waals surface area contributed by atoms with E-state index in [0.29, 0.717) is 11.6 Å². The molecule has 2 heterocycles. The van der Waals surface area contributed by atoms with Gasteiger partial charge in [-0.2, -0.15) is 10.2 Å². The molecular weight excluding hydrogens is 244 g/mol. The summed E-state index contributed by atoms with van der Waals surface area (Å²) in [4.78, 5) is 27.2. The van der Waals surface area contributed by atoms with Gasteiger partial charge in [0.05, 0.1) is 11.8 Å². The van der Waals surface area contributed by atoms with E-state index in [0.717, 1.165) is 12.0 Å². The van der Waals surface area contributed by atoms with Gasteiger partial charge in [-0.25, -0.2) is 4.79 Å². The van der Waals surface area contributed by atoms with Crippen molar-refractivity contribution in [2.75, 3.05) is 0 Å². The van der Waals surface area contributed by atoms with Crippen molar-refractivity contribution in [1.29, 1.82) is 0 Å². The number of hydrogen-bond acceptors (Lipinski definition) is 4. The van der Waals surface area contributed by atoms with Gasteiger partial charge < -0.3 is 4.98 Å². The lowest BCUT2D eigenvalue weighted by Gasteiger charge is -2.01. The van der Waals surface area contributed by atoms with Crippen LogP contribution in [-0.4, -0.2) is 20.2 Å². The van der Waals surface area contributed by atoms with Gasteiger partial charge in [0.2, 0.25) is 0 Å². The highest BCUT2D eigenvalue weighted by Crippen LogP contribution is 2.46. The summed E-state index contributed by atoms with van der Waals surface area (Å²) in [5.74, 6) is 3.24. The zero-order valence-corrected chi connectivity index (χ0v) is 9.88. The lowest BCUT2D eigenvalue weighted by molar-refractivity contribution is 0.953. The molecule has 3 rings (SSSR count). The molecule has 0 radical (unpaired) electrons. The Kier molecular flexibility index (Phi) is 2.53. The summed E-state index contributed by atoms with van der Waals surface area (Å²) in [6.07, 6.45) is 9.30. The van der Waals surface area contributed by atoms with Crippen LogP contribution >= 0.6 is 0 Å². The van der Waals surface area contributed by atoms with Gasteiger partial charge in [0.25, 0.3) is 5.56 Å². The standard InChI is InChI=1S/C13H10N4O2/c1-2-7-3-9(7)8-4-11(17-15-5-8)10-6-14-13(19)16-12(10)18/h1,4-7,9H,3H2,(H2,14,16,18,19)/t7-,9-/m0/s1. The predicted octanol–water partition coefficient (Wildman–Crippen LogP) is 0.257. The molecule has 0 aliphatic heterocycles. The first-order valence-corrected chi connectivity index (χ1v) is 5.80. The Morgan fingerprint density at radius 1 is 1.42 bits per heavy atom. The molecule has 0 saturated heterocycles. The number of nitrogens with one attached hydrogen (secondary N) is 2. The molecule has 2 atom stereocenters. The van der Waals surface area contributed by atoms with Gasteiger partial charge >= 0.3 is 5.69 Å². The molecule has 94 valence electrons. The lowest BCUT2D eigenvalue weighted by atomic mass is 10.1. The minimum absolute atomic E-state index is 0.242. The molecule has 6 nitrogen and oxygen atoms in total. The molecule has 0 amide bonds. The number of hydrogen-bond donors (Lipinski definition) is 2. The van der Waals surface area contributed by atoms with Crippen molar-refractivity contribution in [3.05, 3.63) is 44.9 Å². The molecule has 6 heteroatoms. The van der Waals surface area contributed by atoms with Crippen LogP contribution in [0.2, 0.25) is 0 Å². The quantitative estimate of drug-likeness (QED) is 0.752. The number of H-pyrrole nitrogens is 2. The lowest BCUT2D eigenvalue weighted by Crippen LogP contribution is -2.22. The highest BCUT2D eigenvalue weighted by molar-refractivity contribution is 5.57. The van der Waals surface area contributed by atoms with Crippen molar-refractivity contribution >= 4 is 0 Å². The zero-order valence-electron chi connectivity index (χ0n) is 9.88. The largest absolute Gasteiger partial charge is 0.325 e. The summed E-state index contributed by atoms with van der Waals surface area (Å²) in [5.41, 5.74) is 0.648. The first kappa shape index (κ1) is 11.4. The van der Waals surface area contributed by atoms with Crippen LogP contribution in [0.5, 0.6) is 0 Å². The maximum atomic E-state index is 11.7. The average molecular weight is 254 g/mol. The number of aromatic amines is 2. The zero-order chi connectivity index (χ0) is 13.4. The maximum Gasteiger partial charge on any atom is 0.325 e. The number of aromatic nitrogens is 4. The Hall–Kier alpha value is -2.68. The average Bonchev–Trinajstić information content (AvgIpc) is 3.18. The van der Waals surface area contributed by atoms with Crippen molar-refractivity contribution in [1.82, 2.24) is 20.2 Å². The SMILES string of the molecule is C#C[C@H]1C[C@@H]1c1cnnc(-c2c[nH]c(=O)[nH]c2=O)c1. The fourth-order valence-corrected chi connectivity index (χ4v) is 2.06. The van der Waals surface area contributed by atoms with Crippen LogP contribution in [0.1, 0.15) is 17.9 Å². The number of rotatable bonds is 2. The number of nitrogens with zero attached hydrogens (tertiary/aromatic N) is 2. The fraction of sp³-hybridized carbons (Fsp3) is 0.231. The van der Waals surface area contributed by atoms with Crippen molar-refractivity contribution < 1.29 is 0 Å². The Morgan fingerprint density at radius 2 is 2.26 bits per heavy atom. The van der Waals surface area contributed by atoms with Crippen LogP contribution in [0, 0.1) is 18.3 Å². The Bertz CT molecular complexity index is 784. The van der Waals surface area contributed by atoms with Gasteiger partial charge in [0.1, 0.15) is 5.69 Å². The van der Waals surface area contributed by atoms with E-state index in [1.165, 1.54) is 6.20 Å². The molecule has 2 N–H and O–H groups in total. The minimum atomic E-state index is -0.549. The van der Waals surface area contributed by atoms with Gasteiger partial charge in [-0.3, -0.25) is 9.78 Å². The third kappa shape index (κ3) is 2.06. The second-order valence-electron chi connectivity index (χ2n) is 4.48. The molecule has 0 bridgehead atoms. The molecule has 1 saturated carbocycles. The molecule has 19 heavy (non-hydrogen) atoms. The minimum Gasteiger partial charge on any atom is -0.313 e. The second-order valence-corrected chi connectivity index (χ2v) is 4.48. The summed E-state index contributed by atoms with van der Waals surface area (Å²) >= 11 is 0. The second kappa shape index (κ2) is 4.21. The van der Waals surface area contributed by atoms with Crippen molar-refractivity contribution in [3.8, 4) is 23.6 Å². The molecule has 1 fully saturated rings. The van der Waals surface area contributed by atoms with Crippen LogP contribution in [0.4, 0.5) is 0 Å². The van der Waals surface area contributed by atoms with Gasteiger partial charge in [-0.1, -0.05) is 0 Å². The van der Waals surface area contributed by atoms with E-state index in [2.05, 4.69) is 26.1 Å². The van der Waals surface area contributed by atoms with Crippen LogP contribution in [0.25, 0.3) is 11.3 Å². The first-order chi connectivity index (χ1) is 9.19. The van der Waals surface area contributed by atoms with E-state index in [4.69, 9.17) is 6.42 Å². The van der Waals surface area contributed by atoms with E-state index in [-0.39, 0.29) is 11.5 Å². The van der Waals surface area contributed by atoms with E-state index in [1.54, 1.807) is 12.3 Å². The fourth-order valence-electron chi connectivity index (χ4n) is 2.06. The summed E-state index contributed by atoms with van der Waals surface area (Å²) in [7, 11) is 0. The predicted molar refractivity (Wildman–Crippen MR) is 68.4 cm³/mol. The van der Waals surface area contributed by atoms with E-state index >= 15 is 0 Å². The van der Waals surface area contributed by atoms with Crippen LogP contribution in [-0.2, 0) is 0 Å². The van der Waals surface area contributed by atoms with Crippen molar-refractivity contribution in [3.63, 3.8) is 0 Å². The molecule has 1 aliphatic rings. The highest BCUT2D eigenvalue weighted by Gasteiger charge is 2.37. The van der Waals surface area contributed by atoms with E-state index < -0.39 is 11.2 Å². The molecular formula is C13H10N4O2. The Labute approximate surface area is 107 Å². The third-order valence-corrected chi connectivity index (χ3v) is 3.20. The first-order valence-electron chi connectivity index (χ1n) is 5.80. The smallest absolute Gasteiger partial charge is 0.313 e. The van der Waals surface area contributed by atoms with Crippen LogP contribution in [0.3, 0.4) is 0 Å².